The Morgan fingerprint density at radius 3 is 2.04 bits per heavy atom. The van der Waals surface area contributed by atoms with Gasteiger partial charge in [0.25, 0.3) is 9.06 Å². The van der Waals surface area contributed by atoms with E-state index in [-0.39, 0.29) is 6.47 Å². The summed E-state index contributed by atoms with van der Waals surface area (Å²) >= 11 is 3.93. The molecule has 0 fully saturated rings. The first-order valence-corrected chi connectivity index (χ1v) is 7.99. The van der Waals surface area contributed by atoms with Crippen LogP contribution in [0.1, 0.15) is 20.8 Å². The van der Waals surface area contributed by atoms with E-state index in [0.717, 1.165) is 20.8 Å². The zero-order valence-electron chi connectivity index (χ0n) is 12.4. The SMILES string of the molecule is CC(=O)OC[C@@H](OC=O)[C@@H](OC(C)=O)[C@H](OC(C)=O)C(F)(Br)I. The van der Waals surface area contributed by atoms with Gasteiger partial charge in [-0.2, -0.15) is 0 Å². The van der Waals surface area contributed by atoms with Crippen LogP contribution in [0.2, 0.25) is 0 Å². The normalized spacial score (nSPS) is 17.0. The molecule has 0 amide bonds. The Morgan fingerprint density at radius 1 is 1.17 bits per heavy atom. The van der Waals surface area contributed by atoms with Crippen LogP contribution in [0.25, 0.3) is 0 Å². The van der Waals surface area contributed by atoms with Gasteiger partial charge < -0.3 is 18.9 Å². The van der Waals surface area contributed by atoms with Crippen LogP contribution in [0.5, 0.6) is 0 Å². The Hall–Kier alpha value is -0.980. The van der Waals surface area contributed by atoms with Crippen LogP contribution >= 0.6 is 38.5 Å². The highest BCUT2D eigenvalue weighted by atomic mass is 127. The first-order valence-electron chi connectivity index (χ1n) is 6.12. The number of alkyl halides is 3. The highest BCUT2D eigenvalue weighted by Crippen LogP contribution is 2.38. The van der Waals surface area contributed by atoms with Crippen molar-refractivity contribution in [3.05, 3.63) is 0 Å². The van der Waals surface area contributed by atoms with Crippen molar-refractivity contribution in [2.75, 3.05) is 6.61 Å². The molecule has 8 nitrogen and oxygen atoms in total. The highest BCUT2D eigenvalue weighted by molar-refractivity contribution is 14.1. The average Bonchev–Trinajstić information content (AvgIpc) is 2.36. The fourth-order valence-electron chi connectivity index (χ4n) is 1.51. The third-order valence-corrected chi connectivity index (χ3v) is 3.33. The summed E-state index contributed by atoms with van der Waals surface area (Å²) in [6.45, 7) is 2.64. The topological polar surface area (TPSA) is 105 Å². The number of carbonyl (C=O) groups excluding carboxylic acids is 4. The summed E-state index contributed by atoms with van der Waals surface area (Å²) in [5.41, 5.74) is 0. The third kappa shape index (κ3) is 9.03. The molecule has 0 saturated carbocycles. The molecule has 0 aromatic heterocycles. The van der Waals surface area contributed by atoms with E-state index in [1.54, 1.807) is 0 Å². The molecule has 0 rings (SSSR count). The Bertz CT molecular complexity index is 453. The molecule has 0 aliphatic carbocycles. The van der Waals surface area contributed by atoms with E-state index in [4.69, 9.17) is 18.9 Å². The van der Waals surface area contributed by atoms with E-state index >= 15 is 0 Å². The maximum atomic E-state index is 14.3. The Kier molecular flexibility index (Phi) is 9.58. The lowest BCUT2D eigenvalue weighted by molar-refractivity contribution is -0.188. The van der Waals surface area contributed by atoms with Crippen LogP contribution in [0.15, 0.2) is 0 Å². The molecular weight excluding hydrogens is 498 g/mol. The van der Waals surface area contributed by atoms with Gasteiger partial charge in [0.15, 0.2) is 18.3 Å². The van der Waals surface area contributed by atoms with Crippen LogP contribution in [0.3, 0.4) is 0 Å². The number of hydrogen-bond acceptors (Lipinski definition) is 8. The molecule has 0 aromatic rings. The van der Waals surface area contributed by atoms with Crippen molar-refractivity contribution in [2.24, 2.45) is 0 Å². The fourth-order valence-corrected chi connectivity index (χ4v) is 2.34. The number of carbonyl (C=O) groups is 4. The van der Waals surface area contributed by atoms with Crippen molar-refractivity contribution in [3.63, 3.8) is 0 Å². The summed E-state index contributed by atoms with van der Waals surface area (Å²) < 4.78 is 31.1. The van der Waals surface area contributed by atoms with Gasteiger partial charge in [-0.25, -0.2) is 4.39 Å². The molecule has 0 aliphatic heterocycles. The number of ether oxygens (including phenoxy) is 4. The smallest absolute Gasteiger partial charge is 0.303 e. The summed E-state index contributed by atoms with van der Waals surface area (Å²) in [6, 6.07) is 0. The van der Waals surface area contributed by atoms with Crippen molar-refractivity contribution in [1.82, 2.24) is 0 Å². The minimum atomic E-state index is -2.35. The maximum Gasteiger partial charge on any atom is 0.303 e. The van der Waals surface area contributed by atoms with E-state index < -0.39 is 45.4 Å². The van der Waals surface area contributed by atoms with E-state index in [2.05, 4.69) is 15.9 Å². The van der Waals surface area contributed by atoms with Crippen LogP contribution < -0.4 is 0 Å². The average molecular weight is 513 g/mol. The minimum absolute atomic E-state index is 0.0107. The molecule has 132 valence electrons. The first-order chi connectivity index (χ1) is 10.5. The molecule has 0 N–H and O–H groups in total. The second-order valence-corrected chi connectivity index (χ2v) is 8.43. The van der Waals surface area contributed by atoms with Gasteiger partial charge in [-0.3, -0.25) is 19.2 Å². The van der Waals surface area contributed by atoms with Gasteiger partial charge in [0.1, 0.15) is 6.61 Å². The number of halogens is 3. The molecule has 0 aliphatic rings. The van der Waals surface area contributed by atoms with Crippen molar-refractivity contribution < 1.29 is 42.5 Å². The van der Waals surface area contributed by atoms with Gasteiger partial charge in [0, 0.05) is 20.8 Å². The van der Waals surface area contributed by atoms with E-state index in [9.17, 15) is 23.6 Å². The summed E-state index contributed by atoms with van der Waals surface area (Å²) in [7, 11) is 0. The van der Waals surface area contributed by atoms with Crippen LogP contribution in [-0.2, 0) is 38.1 Å². The zero-order chi connectivity index (χ0) is 18.2. The Labute approximate surface area is 153 Å². The predicted molar refractivity (Wildman–Crippen MR) is 85.5 cm³/mol. The second-order valence-electron chi connectivity index (χ2n) is 4.22. The van der Waals surface area contributed by atoms with Crippen molar-refractivity contribution in [1.29, 1.82) is 0 Å². The summed E-state index contributed by atoms with van der Waals surface area (Å²) in [5.74, 6) is -2.40. The van der Waals surface area contributed by atoms with E-state index in [1.807, 2.05) is 0 Å². The molecule has 0 heterocycles. The van der Waals surface area contributed by atoms with Crippen molar-refractivity contribution in [3.8, 4) is 0 Å². The first kappa shape index (κ1) is 22.0. The fraction of sp³-hybridized carbons (Fsp3) is 0.667. The molecule has 0 spiro atoms. The quantitative estimate of drug-likeness (QED) is 0.150. The molecule has 0 saturated heterocycles. The van der Waals surface area contributed by atoms with E-state index in [0.29, 0.717) is 0 Å². The lowest BCUT2D eigenvalue weighted by Gasteiger charge is -2.33. The van der Waals surface area contributed by atoms with Gasteiger partial charge in [-0.15, -0.1) is 0 Å². The highest BCUT2D eigenvalue weighted by Gasteiger charge is 2.48. The molecule has 0 radical (unpaired) electrons. The Balaban J connectivity index is 5.60. The molecule has 1 unspecified atom stereocenters. The second kappa shape index (κ2) is 10.0. The predicted octanol–water partition coefficient (Wildman–Crippen LogP) is 1.41. The maximum absolute atomic E-state index is 14.3. The lowest BCUT2D eigenvalue weighted by atomic mass is 10.1. The third-order valence-electron chi connectivity index (χ3n) is 2.26. The van der Waals surface area contributed by atoms with Crippen molar-refractivity contribution in [2.45, 2.75) is 41.7 Å². The number of esters is 3. The van der Waals surface area contributed by atoms with Crippen LogP contribution in [0, 0.1) is 0 Å². The molecule has 23 heavy (non-hydrogen) atoms. The van der Waals surface area contributed by atoms with Crippen molar-refractivity contribution >= 4 is 62.9 Å². The lowest BCUT2D eigenvalue weighted by Crippen LogP contribution is -2.51. The largest absolute Gasteiger partial charge is 0.462 e. The van der Waals surface area contributed by atoms with Crippen LogP contribution in [-0.4, -0.2) is 51.9 Å². The summed E-state index contributed by atoms with van der Waals surface area (Å²) in [5, 5.41) is 0. The summed E-state index contributed by atoms with van der Waals surface area (Å²) in [4.78, 5) is 44.0. The van der Waals surface area contributed by atoms with E-state index in [1.165, 1.54) is 22.6 Å². The van der Waals surface area contributed by atoms with Gasteiger partial charge in [0.05, 0.1) is 0 Å². The molecule has 11 heteroatoms. The monoisotopic (exact) mass is 512 g/mol. The van der Waals surface area contributed by atoms with Crippen LogP contribution in [0.4, 0.5) is 4.39 Å². The standard InChI is InChI=1S/C12H15BrFIO8/c1-6(17)20-4-9(21-5-16)10(22-7(2)18)11(12(13,14)15)23-8(3)19/h5,9-11H,4H2,1-3H3/t9-,10-,11+,12?/m1/s1. The molecule has 0 aromatic carbocycles. The molecule has 0 bridgehead atoms. The minimum Gasteiger partial charge on any atom is -0.462 e. The van der Waals surface area contributed by atoms with Gasteiger partial charge in [-0.05, 0) is 38.5 Å². The molecule has 4 atom stereocenters. The summed E-state index contributed by atoms with van der Waals surface area (Å²) in [6.07, 6.45) is -4.61. The zero-order valence-corrected chi connectivity index (χ0v) is 16.2. The number of hydrogen-bond donors (Lipinski definition) is 0. The van der Waals surface area contributed by atoms with Gasteiger partial charge in [0.2, 0.25) is 0 Å². The number of rotatable bonds is 9. The molecular formula is C12H15BrFIO8. The van der Waals surface area contributed by atoms with Gasteiger partial charge >= 0.3 is 17.9 Å². The Morgan fingerprint density at radius 2 is 1.70 bits per heavy atom. The van der Waals surface area contributed by atoms with Gasteiger partial charge in [-0.1, -0.05) is 0 Å².